The van der Waals surface area contributed by atoms with Crippen molar-refractivity contribution in [1.82, 2.24) is 30.0 Å². The molecule has 258 valence electrons. The summed E-state index contributed by atoms with van der Waals surface area (Å²) in [5, 5.41) is 16.2. The predicted octanol–water partition coefficient (Wildman–Crippen LogP) is 2.84. The molecule has 0 saturated carbocycles. The maximum Gasteiger partial charge on any atom is 0.334 e. The lowest BCUT2D eigenvalue weighted by Crippen LogP contribution is -2.76. The van der Waals surface area contributed by atoms with Crippen molar-refractivity contribution in [2.45, 2.75) is 31.7 Å². The smallest absolute Gasteiger partial charge is 0.334 e. The number of phenols is 1. The molecule has 3 aliphatic rings. The van der Waals surface area contributed by atoms with E-state index in [-0.39, 0.29) is 56.2 Å². The minimum atomic E-state index is -0.862. The maximum absolute atomic E-state index is 14.3. The summed E-state index contributed by atoms with van der Waals surface area (Å²) in [6, 6.07) is 22.7. The van der Waals surface area contributed by atoms with Gasteiger partial charge in [0.05, 0.1) is 26.3 Å². The first-order chi connectivity index (χ1) is 23.9. The van der Waals surface area contributed by atoms with Gasteiger partial charge in [0.25, 0.3) is 0 Å². The van der Waals surface area contributed by atoms with Crippen LogP contribution in [0.25, 0.3) is 0 Å². The van der Waals surface area contributed by atoms with E-state index in [9.17, 15) is 19.5 Å². The van der Waals surface area contributed by atoms with Crippen molar-refractivity contribution >= 4 is 17.8 Å². The molecule has 0 bridgehead atoms. The molecule has 2 atom stereocenters. The molecule has 3 saturated heterocycles. The number of fused-ring (bicyclic) bond motifs is 1. The van der Waals surface area contributed by atoms with Gasteiger partial charge in [-0.2, -0.15) is 0 Å². The van der Waals surface area contributed by atoms with Crippen LogP contribution in [-0.4, -0.2) is 119 Å². The molecular weight excluding hydrogens is 624 g/mol. The van der Waals surface area contributed by atoms with E-state index in [4.69, 9.17) is 9.47 Å². The van der Waals surface area contributed by atoms with E-state index in [1.165, 1.54) is 0 Å². The van der Waals surface area contributed by atoms with Gasteiger partial charge in [0, 0.05) is 45.7 Å². The molecule has 0 aliphatic carbocycles. The van der Waals surface area contributed by atoms with Crippen molar-refractivity contribution in [1.29, 1.82) is 0 Å². The second-order valence-corrected chi connectivity index (χ2v) is 12.5. The summed E-state index contributed by atoms with van der Waals surface area (Å²) in [7, 11) is 0. The van der Waals surface area contributed by atoms with Crippen LogP contribution in [0.15, 0.2) is 91.5 Å². The number of nitrogens with one attached hydrogen (secondary N) is 1. The highest BCUT2D eigenvalue weighted by atomic mass is 16.5. The van der Waals surface area contributed by atoms with Gasteiger partial charge in [0.1, 0.15) is 30.3 Å². The normalized spacial score (nSPS) is 20.2. The van der Waals surface area contributed by atoms with Gasteiger partial charge in [0.15, 0.2) is 0 Å². The Bertz CT molecular complexity index is 1600. The second-order valence-electron chi connectivity index (χ2n) is 12.5. The fraction of sp³-hybridized carbons (Fsp3) is 0.378. The summed E-state index contributed by atoms with van der Waals surface area (Å²) < 4.78 is 11.5. The average molecular weight is 669 g/mol. The van der Waals surface area contributed by atoms with Crippen LogP contribution in [0, 0.1) is 0 Å². The summed E-state index contributed by atoms with van der Waals surface area (Å²) >= 11 is 0. The number of ether oxygens (including phenoxy) is 2. The minimum absolute atomic E-state index is 0.0789. The highest BCUT2D eigenvalue weighted by Gasteiger charge is 2.51. The van der Waals surface area contributed by atoms with E-state index in [0.29, 0.717) is 18.9 Å². The van der Waals surface area contributed by atoms with Crippen LogP contribution < -0.4 is 10.1 Å². The number of aromatic hydroxyl groups is 1. The zero-order chi connectivity index (χ0) is 34.2. The van der Waals surface area contributed by atoms with Gasteiger partial charge in [-0.25, -0.2) is 14.8 Å². The van der Waals surface area contributed by atoms with Crippen molar-refractivity contribution in [3.05, 3.63) is 108 Å². The van der Waals surface area contributed by atoms with Crippen molar-refractivity contribution in [2.24, 2.45) is 0 Å². The number of urea groups is 1. The molecule has 3 aromatic carbocycles. The molecule has 0 aromatic heterocycles. The molecule has 0 spiro atoms. The van der Waals surface area contributed by atoms with E-state index < -0.39 is 12.2 Å². The lowest BCUT2D eigenvalue weighted by atomic mass is 9.98. The first-order valence-electron chi connectivity index (χ1n) is 16.8. The van der Waals surface area contributed by atoms with E-state index in [0.717, 1.165) is 49.5 Å². The quantitative estimate of drug-likeness (QED) is 0.283. The van der Waals surface area contributed by atoms with Gasteiger partial charge in [0.2, 0.25) is 11.8 Å². The number of hydrogen-bond acceptors (Lipinski definition) is 8. The van der Waals surface area contributed by atoms with Crippen molar-refractivity contribution in [3.8, 4) is 11.5 Å². The van der Waals surface area contributed by atoms with Crippen molar-refractivity contribution in [3.63, 3.8) is 0 Å². The van der Waals surface area contributed by atoms with E-state index >= 15 is 0 Å². The number of morpholine rings is 1. The van der Waals surface area contributed by atoms with Crippen LogP contribution in [0.2, 0.25) is 0 Å². The fourth-order valence-corrected chi connectivity index (χ4v) is 6.62. The van der Waals surface area contributed by atoms with Crippen molar-refractivity contribution < 1.29 is 29.0 Å². The summed E-state index contributed by atoms with van der Waals surface area (Å²) in [5.74, 6) is 0.370. The Balaban J connectivity index is 1.25. The minimum Gasteiger partial charge on any atom is -0.508 e. The number of phenolic OH excluding ortho intramolecular Hbond substituents is 1. The summed E-state index contributed by atoms with van der Waals surface area (Å²) in [6.07, 6.45) is 1.12. The summed E-state index contributed by atoms with van der Waals surface area (Å²) in [5.41, 5.74) is 2.60. The zero-order valence-electron chi connectivity index (χ0n) is 27.7. The van der Waals surface area contributed by atoms with Crippen LogP contribution in [0.5, 0.6) is 11.5 Å². The second kappa shape index (κ2) is 16.0. The SMILES string of the molecule is C=CCN1CC(=O)N2[C@@H](Cc3ccc(O)cc3)C(=O)N(Cc3cccc(OCCN4CCOCC4)c3)C[C@@H]2N1C(=O)NCc1ccccc1. The number of carbonyl (C=O) groups is 3. The topological polar surface area (TPSA) is 118 Å². The zero-order valence-corrected chi connectivity index (χ0v) is 27.7. The Hall–Kier alpha value is -4.91. The standard InChI is InChI=1S/C37H44N6O6/c1-2-15-41-27-35(45)42-33(23-28-11-13-31(44)14-12-28)36(46)40(26-34(42)43(41)37(47)38-24-29-7-4-3-5-8-29)25-30-9-6-10-32(22-30)49-21-18-39-16-19-48-20-17-39/h2-14,22,33-34,44H,1,15-21,23-27H2,(H,38,47)/t33-,34-/m0/s1. The summed E-state index contributed by atoms with van der Waals surface area (Å²) in [4.78, 5) is 47.7. The van der Waals surface area contributed by atoms with Crippen LogP contribution in [0.1, 0.15) is 16.7 Å². The number of piperazine rings is 1. The third-order valence-corrected chi connectivity index (χ3v) is 9.08. The molecule has 12 heteroatoms. The number of carbonyl (C=O) groups excluding carboxylic acids is 3. The molecule has 3 aliphatic heterocycles. The maximum atomic E-state index is 14.3. The van der Waals surface area contributed by atoms with Gasteiger partial charge in [-0.15, -0.1) is 6.58 Å². The third-order valence-electron chi connectivity index (χ3n) is 9.08. The number of rotatable bonds is 12. The van der Waals surface area contributed by atoms with E-state index in [1.54, 1.807) is 50.2 Å². The monoisotopic (exact) mass is 668 g/mol. The lowest BCUT2D eigenvalue weighted by molar-refractivity contribution is -0.189. The molecule has 0 unspecified atom stereocenters. The number of nitrogens with zero attached hydrogens (tertiary/aromatic N) is 5. The first-order valence-corrected chi connectivity index (χ1v) is 16.8. The van der Waals surface area contributed by atoms with E-state index in [1.807, 2.05) is 54.6 Å². The highest BCUT2D eigenvalue weighted by Crippen LogP contribution is 2.30. The van der Waals surface area contributed by atoms with Gasteiger partial charge in [-0.1, -0.05) is 60.7 Å². The number of amides is 4. The predicted molar refractivity (Wildman–Crippen MR) is 183 cm³/mol. The van der Waals surface area contributed by atoms with Gasteiger partial charge in [-0.05, 0) is 41.0 Å². The molecular formula is C37H44N6O6. The van der Waals surface area contributed by atoms with Crippen LogP contribution in [0.3, 0.4) is 0 Å². The molecule has 3 aromatic rings. The number of hydrazine groups is 1. The Morgan fingerprint density at radius 1 is 0.980 bits per heavy atom. The van der Waals surface area contributed by atoms with Crippen LogP contribution >= 0.6 is 0 Å². The fourth-order valence-electron chi connectivity index (χ4n) is 6.62. The molecule has 2 N–H and O–H groups in total. The third kappa shape index (κ3) is 8.40. The van der Waals surface area contributed by atoms with E-state index in [2.05, 4.69) is 16.8 Å². The molecule has 3 fully saturated rings. The van der Waals surface area contributed by atoms with Gasteiger partial charge in [-0.3, -0.25) is 14.5 Å². The number of hydrogen-bond donors (Lipinski definition) is 2. The average Bonchev–Trinajstić information content (AvgIpc) is 3.11. The first kappa shape index (κ1) is 34.0. The molecule has 6 rings (SSSR count). The Morgan fingerprint density at radius 3 is 2.49 bits per heavy atom. The Morgan fingerprint density at radius 2 is 1.73 bits per heavy atom. The van der Waals surface area contributed by atoms with Crippen LogP contribution in [0.4, 0.5) is 4.79 Å². The number of benzene rings is 3. The van der Waals surface area contributed by atoms with Crippen molar-refractivity contribution in [2.75, 3.05) is 59.1 Å². The molecule has 4 amide bonds. The Labute approximate surface area is 287 Å². The largest absolute Gasteiger partial charge is 0.508 e. The molecule has 12 nitrogen and oxygen atoms in total. The molecule has 0 radical (unpaired) electrons. The highest BCUT2D eigenvalue weighted by molar-refractivity contribution is 5.91. The molecule has 3 heterocycles. The van der Waals surface area contributed by atoms with Gasteiger partial charge >= 0.3 is 6.03 Å². The van der Waals surface area contributed by atoms with Gasteiger partial charge < -0.3 is 29.7 Å². The Kier molecular flexibility index (Phi) is 11.1. The molecule has 49 heavy (non-hydrogen) atoms. The van der Waals surface area contributed by atoms with Crippen LogP contribution in [-0.2, 0) is 33.8 Å². The summed E-state index contributed by atoms with van der Waals surface area (Å²) in [6.45, 7) is 9.31. The lowest BCUT2D eigenvalue weighted by Gasteiger charge is -2.55.